The molecule has 4 aliphatic rings. The van der Waals surface area contributed by atoms with Crippen LogP contribution < -0.4 is 0 Å². The van der Waals surface area contributed by atoms with Gasteiger partial charge in [0.2, 0.25) is 0 Å². The SMILES string of the molecule is CC1=CC(=O)CC2CC[C@@H]3[C@@H](CC[C@]4(C)C(O)CC[C@@H]34)[C@@]12C. The van der Waals surface area contributed by atoms with E-state index in [1.54, 1.807) is 0 Å². The van der Waals surface area contributed by atoms with Crippen molar-refractivity contribution in [3.05, 3.63) is 11.6 Å². The molecular formula is C20H30O2. The van der Waals surface area contributed by atoms with E-state index in [1.165, 1.54) is 37.7 Å². The molecule has 0 spiro atoms. The number of fused-ring (bicyclic) bond motifs is 5. The Morgan fingerprint density at radius 2 is 1.86 bits per heavy atom. The van der Waals surface area contributed by atoms with Gasteiger partial charge in [0, 0.05) is 6.42 Å². The van der Waals surface area contributed by atoms with E-state index in [9.17, 15) is 9.90 Å². The maximum Gasteiger partial charge on any atom is 0.155 e. The number of ketones is 1. The number of allylic oxidation sites excluding steroid dienone is 2. The van der Waals surface area contributed by atoms with E-state index in [4.69, 9.17) is 0 Å². The van der Waals surface area contributed by atoms with Crippen molar-refractivity contribution in [1.82, 2.24) is 0 Å². The molecule has 0 heterocycles. The van der Waals surface area contributed by atoms with E-state index in [2.05, 4.69) is 20.8 Å². The highest BCUT2D eigenvalue weighted by molar-refractivity contribution is 5.91. The van der Waals surface area contributed by atoms with Crippen molar-refractivity contribution in [3.8, 4) is 0 Å². The smallest absolute Gasteiger partial charge is 0.155 e. The van der Waals surface area contributed by atoms with E-state index in [1.807, 2.05) is 6.08 Å². The molecule has 4 rings (SSSR count). The molecule has 0 aromatic heterocycles. The topological polar surface area (TPSA) is 37.3 Å². The molecule has 0 bridgehead atoms. The van der Waals surface area contributed by atoms with Crippen LogP contribution in [0.1, 0.15) is 65.7 Å². The fourth-order valence-electron chi connectivity index (χ4n) is 7.03. The van der Waals surface area contributed by atoms with Crippen LogP contribution in [0.25, 0.3) is 0 Å². The van der Waals surface area contributed by atoms with Crippen LogP contribution in [-0.2, 0) is 4.79 Å². The summed E-state index contributed by atoms with van der Waals surface area (Å²) in [5, 5.41) is 10.5. The zero-order valence-corrected chi connectivity index (χ0v) is 14.3. The molecule has 4 aliphatic carbocycles. The largest absolute Gasteiger partial charge is 0.393 e. The average molecular weight is 302 g/mol. The summed E-state index contributed by atoms with van der Waals surface area (Å²) in [4.78, 5) is 12.0. The van der Waals surface area contributed by atoms with Crippen molar-refractivity contribution >= 4 is 5.78 Å². The van der Waals surface area contributed by atoms with E-state index in [0.717, 1.165) is 24.7 Å². The molecule has 0 radical (unpaired) electrons. The van der Waals surface area contributed by atoms with E-state index in [0.29, 0.717) is 17.6 Å². The monoisotopic (exact) mass is 302 g/mol. The van der Waals surface area contributed by atoms with Crippen molar-refractivity contribution in [3.63, 3.8) is 0 Å². The lowest BCUT2D eigenvalue weighted by atomic mass is 9.45. The lowest BCUT2D eigenvalue weighted by Gasteiger charge is -2.60. The van der Waals surface area contributed by atoms with Crippen molar-refractivity contribution in [2.75, 3.05) is 0 Å². The molecule has 2 heteroatoms. The summed E-state index contributed by atoms with van der Waals surface area (Å²) in [6.07, 6.45) is 9.71. The van der Waals surface area contributed by atoms with Crippen LogP contribution in [0.15, 0.2) is 11.6 Å². The van der Waals surface area contributed by atoms with Crippen molar-refractivity contribution in [2.45, 2.75) is 71.8 Å². The molecule has 2 unspecified atom stereocenters. The molecule has 3 fully saturated rings. The molecule has 2 nitrogen and oxygen atoms in total. The predicted molar refractivity (Wildman–Crippen MR) is 87.3 cm³/mol. The zero-order chi connectivity index (χ0) is 15.7. The first-order valence-corrected chi connectivity index (χ1v) is 9.27. The van der Waals surface area contributed by atoms with Gasteiger partial charge in [0.05, 0.1) is 6.10 Å². The molecule has 0 amide bonds. The second-order valence-electron chi connectivity index (χ2n) is 9.07. The zero-order valence-electron chi connectivity index (χ0n) is 14.3. The Kier molecular flexibility index (Phi) is 3.18. The normalized spacial score (nSPS) is 54.3. The standard InChI is InChI=1S/C20H30O2/c1-12-10-14(21)11-13-4-5-15-16-6-7-18(22)19(16,2)9-8-17(15)20(12,13)3/h10,13,15-18,22H,4-9,11H2,1-3H3/t13?,15-,16-,17+,18?,19-,20-/m0/s1. The fourth-order valence-corrected chi connectivity index (χ4v) is 7.03. The third kappa shape index (κ3) is 1.74. The highest BCUT2D eigenvalue weighted by atomic mass is 16.3. The van der Waals surface area contributed by atoms with Gasteiger partial charge in [-0.2, -0.15) is 0 Å². The summed E-state index contributed by atoms with van der Waals surface area (Å²) in [6, 6.07) is 0. The van der Waals surface area contributed by atoms with Gasteiger partial charge in [-0.3, -0.25) is 4.79 Å². The molecule has 0 saturated heterocycles. The Morgan fingerprint density at radius 1 is 1.09 bits per heavy atom. The van der Waals surface area contributed by atoms with Crippen LogP contribution in [0.5, 0.6) is 0 Å². The lowest BCUT2D eigenvalue weighted by molar-refractivity contribution is -0.125. The van der Waals surface area contributed by atoms with Gasteiger partial charge in [0.25, 0.3) is 0 Å². The maximum absolute atomic E-state index is 12.0. The fraction of sp³-hybridized carbons (Fsp3) is 0.850. The minimum Gasteiger partial charge on any atom is -0.393 e. The molecule has 0 aromatic rings. The number of aliphatic hydroxyl groups is 1. The summed E-state index contributed by atoms with van der Waals surface area (Å²) < 4.78 is 0. The summed E-state index contributed by atoms with van der Waals surface area (Å²) >= 11 is 0. The van der Waals surface area contributed by atoms with Gasteiger partial charge in [-0.15, -0.1) is 0 Å². The number of carbonyl (C=O) groups excluding carboxylic acids is 1. The molecule has 0 aromatic carbocycles. The molecule has 122 valence electrons. The number of carbonyl (C=O) groups is 1. The van der Waals surface area contributed by atoms with Crippen LogP contribution in [-0.4, -0.2) is 17.0 Å². The van der Waals surface area contributed by atoms with Gasteiger partial charge in [-0.05, 0) is 86.0 Å². The summed E-state index contributed by atoms with van der Waals surface area (Å²) in [5.41, 5.74) is 1.73. The molecule has 1 N–H and O–H groups in total. The first-order valence-electron chi connectivity index (χ1n) is 9.27. The second kappa shape index (κ2) is 4.69. The summed E-state index contributed by atoms with van der Waals surface area (Å²) in [6.45, 7) is 6.98. The summed E-state index contributed by atoms with van der Waals surface area (Å²) in [7, 11) is 0. The van der Waals surface area contributed by atoms with Gasteiger partial charge in [-0.25, -0.2) is 0 Å². The minimum atomic E-state index is -0.0893. The lowest BCUT2D eigenvalue weighted by Crippen LogP contribution is -2.54. The third-order valence-corrected chi connectivity index (χ3v) is 8.53. The number of rotatable bonds is 0. The Hall–Kier alpha value is -0.630. The molecule has 0 aliphatic heterocycles. The van der Waals surface area contributed by atoms with Crippen LogP contribution >= 0.6 is 0 Å². The second-order valence-corrected chi connectivity index (χ2v) is 9.07. The first-order chi connectivity index (χ1) is 10.4. The van der Waals surface area contributed by atoms with Gasteiger partial charge >= 0.3 is 0 Å². The minimum absolute atomic E-state index is 0.0893. The third-order valence-electron chi connectivity index (χ3n) is 8.53. The van der Waals surface area contributed by atoms with Crippen LogP contribution in [0.3, 0.4) is 0 Å². The van der Waals surface area contributed by atoms with Crippen LogP contribution in [0.2, 0.25) is 0 Å². The van der Waals surface area contributed by atoms with Crippen LogP contribution in [0, 0.1) is 34.5 Å². The summed E-state index contributed by atoms with van der Waals surface area (Å²) in [5.74, 6) is 3.08. The van der Waals surface area contributed by atoms with Gasteiger partial charge in [0.15, 0.2) is 5.78 Å². The number of hydrogen-bond acceptors (Lipinski definition) is 2. The van der Waals surface area contributed by atoms with Gasteiger partial charge in [-0.1, -0.05) is 19.4 Å². The molecule has 7 atom stereocenters. The predicted octanol–water partition coefficient (Wildman–Crippen LogP) is 4.13. The van der Waals surface area contributed by atoms with Crippen LogP contribution in [0.4, 0.5) is 0 Å². The van der Waals surface area contributed by atoms with Gasteiger partial charge in [0.1, 0.15) is 0 Å². The van der Waals surface area contributed by atoms with Crippen molar-refractivity contribution in [1.29, 1.82) is 0 Å². The highest BCUT2D eigenvalue weighted by Crippen LogP contribution is 2.66. The quantitative estimate of drug-likeness (QED) is 0.730. The molecular weight excluding hydrogens is 272 g/mol. The van der Waals surface area contributed by atoms with E-state index in [-0.39, 0.29) is 16.9 Å². The maximum atomic E-state index is 12.0. The van der Waals surface area contributed by atoms with Crippen molar-refractivity contribution < 1.29 is 9.90 Å². The average Bonchev–Trinajstić information content (AvgIpc) is 2.77. The van der Waals surface area contributed by atoms with Gasteiger partial charge < -0.3 is 5.11 Å². The Bertz CT molecular complexity index is 536. The Morgan fingerprint density at radius 3 is 2.64 bits per heavy atom. The first kappa shape index (κ1) is 14.9. The van der Waals surface area contributed by atoms with E-state index < -0.39 is 0 Å². The Balaban J connectivity index is 1.72. The van der Waals surface area contributed by atoms with E-state index >= 15 is 0 Å². The number of hydrogen-bond donors (Lipinski definition) is 1. The highest BCUT2D eigenvalue weighted by Gasteiger charge is 2.60. The molecule has 22 heavy (non-hydrogen) atoms. The number of aliphatic hydroxyl groups excluding tert-OH is 1. The Labute approximate surface area is 134 Å². The van der Waals surface area contributed by atoms with Crippen molar-refractivity contribution in [2.24, 2.45) is 34.5 Å². The molecule has 3 saturated carbocycles.